The number of hydrogen-bond acceptors (Lipinski definition) is 3. The lowest BCUT2D eigenvalue weighted by Crippen LogP contribution is -2.36. The molecule has 0 aliphatic rings. The Labute approximate surface area is 126 Å². The summed E-state index contributed by atoms with van der Waals surface area (Å²) in [5, 5.41) is 3.98. The number of halogens is 1. The molecule has 0 unspecified atom stereocenters. The average molecular weight is 366 g/mol. The molecule has 18 heavy (non-hydrogen) atoms. The van der Waals surface area contributed by atoms with Crippen LogP contribution in [-0.4, -0.2) is 29.1 Å². The Hall–Kier alpha value is -0.790. The lowest BCUT2D eigenvalue weighted by Gasteiger charge is -2.18. The normalized spacial score (nSPS) is 11.5. The fourth-order valence-corrected chi connectivity index (χ4v) is 1.48. The fraction of sp³-hybridized carbons (Fsp3) is 0.667. The molecule has 0 bridgehead atoms. The monoisotopic (exact) mass is 366 g/mol. The van der Waals surface area contributed by atoms with Crippen molar-refractivity contribution >= 4 is 29.9 Å². The lowest BCUT2D eigenvalue weighted by molar-refractivity contribution is 0.375. The van der Waals surface area contributed by atoms with Crippen LogP contribution in [0.25, 0.3) is 0 Å². The maximum atomic E-state index is 5.87. The van der Waals surface area contributed by atoms with Crippen molar-refractivity contribution in [1.82, 2.24) is 10.1 Å². The molecule has 0 aliphatic carbocycles. The number of guanidine groups is 1. The van der Waals surface area contributed by atoms with E-state index in [9.17, 15) is 0 Å². The van der Waals surface area contributed by atoms with Crippen molar-refractivity contribution in [2.24, 2.45) is 10.7 Å². The van der Waals surface area contributed by atoms with Gasteiger partial charge in [-0.2, -0.15) is 0 Å². The van der Waals surface area contributed by atoms with Crippen molar-refractivity contribution in [3.8, 4) is 0 Å². The highest BCUT2D eigenvalue weighted by molar-refractivity contribution is 14.0. The number of rotatable bonds is 5. The van der Waals surface area contributed by atoms with E-state index in [0.717, 1.165) is 24.5 Å². The smallest absolute Gasteiger partial charge is 0.191 e. The molecule has 1 heterocycles. The van der Waals surface area contributed by atoms with E-state index in [4.69, 9.17) is 10.3 Å². The molecular formula is C12H23IN4O. The van der Waals surface area contributed by atoms with Crippen LogP contribution in [0.15, 0.2) is 15.6 Å². The van der Waals surface area contributed by atoms with Gasteiger partial charge in [-0.25, -0.2) is 4.99 Å². The average Bonchev–Trinajstić information content (AvgIpc) is 2.76. The third-order valence-corrected chi connectivity index (χ3v) is 2.65. The van der Waals surface area contributed by atoms with Crippen molar-refractivity contribution in [1.29, 1.82) is 0 Å². The molecule has 0 saturated heterocycles. The molecule has 0 aliphatic heterocycles. The SMILES string of the molecule is CCN(CC)C(N)=NCc1cc(C(C)C)no1.I. The number of nitrogens with zero attached hydrogens (tertiary/aromatic N) is 3. The largest absolute Gasteiger partial charge is 0.370 e. The van der Waals surface area contributed by atoms with Gasteiger partial charge in [-0.1, -0.05) is 19.0 Å². The van der Waals surface area contributed by atoms with Crippen LogP contribution >= 0.6 is 24.0 Å². The molecule has 6 heteroatoms. The highest BCUT2D eigenvalue weighted by Gasteiger charge is 2.08. The summed E-state index contributed by atoms with van der Waals surface area (Å²) in [5.74, 6) is 1.68. The van der Waals surface area contributed by atoms with Crippen LogP contribution in [0.3, 0.4) is 0 Å². The second-order valence-electron chi connectivity index (χ2n) is 4.22. The molecule has 0 spiro atoms. The van der Waals surface area contributed by atoms with Crippen molar-refractivity contribution in [2.75, 3.05) is 13.1 Å². The number of hydrogen-bond donors (Lipinski definition) is 1. The highest BCUT2D eigenvalue weighted by Crippen LogP contribution is 2.14. The van der Waals surface area contributed by atoms with Gasteiger partial charge in [0.25, 0.3) is 0 Å². The van der Waals surface area contributed by atoms with Crippen LogP contribution in [0, 0.1) is 0 Å². The molecule has 1 rings (SSSR count). The predicted octanol–water partition coefficient (Wildman–Crippen LogP) is 2.57. The van der Waals surface area contributed by atoms with E-state index in [-0.39, 0.29) is 24.0 Å². The third kappa shape index (κ3) is 4.83. The first-order valence-electron chi connectivity index (χ1n) is 6.08. The van der Waals surface area contributed by atoms with Crippen LogP contribution in [0.5, 0.6) is 0 Å². The molecule has 2 N–H and O–H groups in total. The van der Waals surface area contributed by atoms with Crippen LogP contribution in [0.4, 0.5) is 0 Å². The highest BCUT2D eigenvalue weighted by atomic mass is 127. The first kappa shape index (κ1) is 17.2. The van der Waals surface area contributed by atoms with E-state index in [1.54, 1.807) is 0 Å². The maximum Gasteiger partial charge on any atom is 0.191 e. The first-order valence-corrected chi connectivity index (χ1v) is 6.08. The Morgan fingerprint density at radius 1 is 1.44 bits per heavy atom. The summed E-state index contributed by atoms with van der Waals surface area (Å²) >= 11 is 0. The second-order valence-corrected chi connectivity index (χ2v) is 4.22. The molecule has 1 aromatic rings. The molecule has 104 valence electrons. The summed E-state index contributed by atoms with van der Waals surface area (Å²) in [6.45, 7) is 10.4. The van der Waals surface area contributed by atoms with Crippen molar-refractivity contribution in [3.63, 3.8) is 0 Å². The summed E-state index contributed by atoms with van der Waals surface area (Å²) < 4.78 is 5.19. The van der Waals surface area contributed by atoms with E-state index in [1.807, 2.05) is 11.0 Å². The first-order chi connectivity index (χ1) is 8.08. The topological polar surface area (TPSA) is 67.7 Å². The van der Waals surface area contributed by atoms with Gasteiger partial charge >= 0.3 is 0 Å². The number of aliphatic imine (C=N–C) groups is 1. The molecule has 0 saturated carbocycles. The second kappa shape index (κ2) is 8.34. The molecule has 1 aromatic heterocycles. The van der Waals surface area contributed by atoms with Crippen LogP contribution in [0.1, 0.15) is 45.1 Å². The molecule has 0 radical (unpaired) electrons. The number of aromatic nitrogens is 1. The van der Waals surface area contributed by atoms with Gasteiger partial charge in [-0.15, -0.1) is 24.0 Å². The molecular weight excluding hydrogens is 343 g/mol. The van der Waals surface area contributed by atoms with Gasteiger partial charge in [0.1, 0.15) is 6.54 Å². The molecule has 0 amide bonds. The lowest BCUT2D eigenvalue weighted by atomic mass is 10.1. The summed E-state index contributed by atoms with van der Waals surface area (Å²) in [6.07, 6.45) is 0. The minimum absolute atomic E-state index is 0. The molecule has 5 nitrogen and oxygen atoms in total. The van der Waals surface area contributed by atoms with Gasteiger partial charge in [0.15, 0.2) is 11.7 Å². The van der Waals surface area contributed by atoms with Crippen LogP contribution in [0.2, 0.25) is 0 Å². The van der Waals surface area contributed by atoms with Gasteiger partial charge in [0, 0.05) is 19.2 Å². The Morgan fingerprint density at radius 3 is 2.50 bits per heavy atom. The quantitative estimate of drug-likeness (QED) is 0.494. The van der Waals surface area contributed by atoms with Crippen LogP contribution in [-0.2, 0) is 6.54 Å². The Kier molecular flexibility index (Phi) is 7.97. The van der Waals surface area contributed by atoms with Gasteiger partial charge in [-0.05, 0) is 19.8 Å². The zero-order valence-electron chi connectivity index (χ0n) is 11.5. The minimum Gasteiger partial charge on any atom is -0.370 e. The van der Waals surface area contributed by atoms with Gasteiger partial charge < -0.3 is 15.2 Å². The summed E-state index contributed by atoms with van der Waals surface area (Å²) in [7, 11) is 0. The zero-order valence-corrected chi connectivity index (χ0v) is 13.8. The summed E-state index contributed by atoms with van der Waals surface area (Å²) in [6, 6.07) is 1.93. The van der Waals surface area contributed by atoms with E-state index < -0.39 is 0 Å². The van der Waals surface area contributed by atoms with Gasteiger partial charge in [0.2, 0.25) is 0 Å². The van der Waals surface area contributed by atoms with Crippen molar-refractivity contribution < 1.29 is 4.52 Å². The summed E-state index contributed by atoms with van der Waals surface area (Å²) in [5.41, 5.74) is 6.82. The molecule has 0 aromatic carbocycles. The maximum absolute atomic E-state index is 5.87. The van der Waals surface area contributed by atoms with E-state index in [0.29, 0.717) is 18.4 Å². The molecule has 0 atom stereocenters. The van der Waals surface area contributed by atoms with E-state index in [1.165, 1.54) is 0 Å². The van der Waals surface area contributed by atoms with Crippen molar-refractivity contribution in [2.45, 2.75) is 40.2 Å². The van der Waals surface area contributed by atoms with E-state index in [2.05, 4.69) is 37.8 Å². The predicted molar refractivity (Wildman–Crippen MR) is 84.3 cm³/mol. The standard InChI is InChI=1S/C12H22N4O.HI/c1-5-16(6-2)12(13)14-8-10-7-11(9(3)4)15-17-10;/h7,9H,5-6,8H2,1-4H3,(H2,13,14);1H. The Morgan fingerprint density at radius 2 is 2.06 bits per heavy atom. The Bertz CT molecular complexity index is 372. The zero-order chi connectivity index (χ0) is 12.8. The van der Waals surface area contributed by atoms with Crippen LogP contribution < -0.4 is 5.73 Å². The Balaban J connectivity index is 0.00000289. The minimum atomic E-state index is 0. The number of nitrogens with two attached hydrogens (primary N) is 1. The third-order valence-electron chi connectivity index (χ3n) is 2.65. The summed E-state index contributed by atoms with van der Waals surface area (Å²) in [4.78, 5) is 6.30. The van der Waals surface area contributed by atoms with E-state index >= 15 is 0 Å². The fourth-order valence-electron chi connectivity index (χ4n) is 1.48. The molecule has 0 fully saturated rings. The van der Waals surface area contributed by atoms with Gasteiger partial charge in [0.05, 0.1) is 5.69 Å². The van der Waals surface area contributed by atoms with Gasteiger partial charge in [-0.3, -0.25) is 0 Å². The van der Waals surface area contributed by atoms with Crippen molar-refractivity contribution in [3.05, 3.63) is 17.5 Å².